The van der Waals surface area contributed by atoms with Gasteiger partial charge in [-0.2, -0.15) is 0 Å². The summed E-state index contributed by atoms with van der Waals surface area (Å²) in [4.78, 5) is 0. The topological polar surface area (TPSA) is 52.0 Å². The lowest BCUT2D eigenvalue weighted by atomic mass is 10.0. The Morgan fingerprint density at radius 1 is 0.938 bits per heavy atom. The normalized spacial score (nSPS) is 10.4. The van der Waals surface area contributed by atoms with Crippen LogP contribution in [0, 0.1) is 0 Å². The first-order valence-electron chi connectivity index (χ1n) is 4.69. The fourth-order valence-electron chi connectivity index (χ4n) is 1.52. The van der Waals surface area contributed by atoms with Gasteiger partial charge in [0.1, 0.15) is 0 Å². The molecule has 0 aliphatic rings. The number of rotatable bonds is 1. The minimum Gasteiger partial charge on any atom is -0.397 e. The van der Waals surface area contributed by atoms with Gasteiger partial charge in [-0.3, -0.25) is 0 Å². The summed E-state index contributed by atoms with van der Waals surface area (Å²) in [6.45, 7) is 0. The molecule has 0 bridgehead atoms. The Hall–Kier alpha value is -1.38. The highest BCUT2D eigenvalue weighted by atomic mass is 35.5. The van der Waals surface area contributed by atoms with Crippen LogP contribution in [-0.2, 0) is 0 Å². The first-order chi connectivity index (χ1) is 7.61. The van der Waals surface area contributed by atoms with Crippen molar-refractivity contribution < 1.29 is 0 Å². The van der Waals surface area contributed by atoms with Crippen LogP contribution in [0.3, 0.4) is 0 Å². The molecule has 0 unspecified atom stereocenters. The highest BCUT2D eigenvalue weighted by molar-refractivity contribution is 6.41. The average Bonchev–Trinajstić information content (AvgIpc) is 2.28. The highest BCUT2D eigenvalue weighted by Gasteiger charge is 2.13. The van der Waals surface area contributed by atoms with Crippen LogP contribution in [0.2, 0.25) is 10.0 Å². The minimum absolute atomic E-state index is 0.366. The van der Waals surface area contributed by atoms with Gasteiger partial charge in [-0.05, 0) is 11.6 Å². The van der Waals surface area contributed by atoms with Crippen molar-refractivity contribution in [3.63, 3.8) is 0 Å². The molecule has 0 aliphatic carbocycles. The zero-order chi connectivity index (χ0) is 11.7. The van der Waals surface area contributed by atoms with Crippen LogP contribution >= 0.6 is 23.2 Å². The molecule has 2 rings (SSSR count). The van der Waals surface area contributed by atoms with E-state index in [1.807, 2.05) is 30.3 Å². The Kier molecular flexibility index (Phi) is 2.95. The van der Waals surface area contributed by atoms with Gasteiger partial charge in [0, 0.05) is 5.56 Å². The van der Waals surface area contributed by atoms with Crippen LogP contribution in [0.1, 0.15) is 0 Å². The van der Waals surface area contributed by atoms with Gasteiger partial charge in [-0.25, -0.2) is 0 Å². The van der Waals surface area contributed by atoms with Gasteiger partial charge >= 0.3 is 0 Å². The minimum atomic E-state index is 0.366. The number of benzene rings is 2. The second kappa shape index (κ2) is 4.24. The van der Waals surface area contributed by atoms with Crippen LogP contribution in [0.5, 0.6) is 0 Å². The van der Waals surface area contributed by atoms with Crippen molar-refractivity contribution in [3.8, 4) is 11.1 Å². The molecule has 2 nitrogen and oxygen atoms in total. The third kappa shape index (κ3) is 1.82. The van der Waals surface area contributed by atoms with Gasteiger partial charge < -0.3 is 11.5 Å². The van der Waals surface area contributed by atoms with E-state index in [-0.39, 0.29) is 0 Å². The van der Waals surface area contributed by atoms with Gasteiger partial charge in [0.25, 0.3) is 0 Å². The maximum Gasteiger partial charge on any atom is 0.0749 e. The summed E-state index contributed by atoms with van der Waals surface area (Å²) in [5.74, 6) is 0. The summed E-state index contributed by atoms with van der Waals surface area (Å²) in [7, 11) is 0. The van der Waals surface area contributed by atoms with Crippen molar-refractivity contribution in [2.24, 2.45) is 0 Å². The molecule has 2 aromatic rings. The summed E-state index contributed by atoms with van der Waals surface area (Å²) < 4.78 is 0. The molecule has 0 heterocycles. The molecular formula is C12H10Cl2N2. The molecule has 4 N–H and O–H groups in total. The van der Waals surface area contributed by atoms with Crippen LogP contribution in [0.4, 0.5) is 11.4 Å². The fourth-order valence-corrected chi connectivity index (χ4v) is 2.21. The SMILES string of the molecule is Nc1cc(Cl)c(-c2ccccc2)c(Cl)c1N. The van der Waals surface area contributed by atoms with Crippen LogP contribution < -0.4 is 11.5 Å². The lowest BCUT2D eigenvalue weighted by Crippen LogP contribution is -1.97. The predicted octanol–water partition coefficient (Wildman–Crippen LogP) is 3.82. The molecule has 0 aliphatic heterocycles. The second-order valence-corrected chi connectivity index (χ2v) is 4.20. The molecule has 82 valence electrons. The molecule has 2 aromatic carbocycles. The summed E-state index contributed by atoms with van der Waals surface area (Å²) in [6.07, 6.45) is 0. The smallest absolute Gasteiger partial charge is 0.0749 e. The average molecular weight is 253 g/mol. The summed E-state index contributed by atoms with van der Waals surface area (Å²) in [5.41, 5.74) is 13.9. The van der Waals surface area contributed by atoms with Gasteiger partial charge in [-0.15, -0.1) is 0 Å². The van der Waals surface area contributed by atoms with Crippen molar-refractivity contribution in [2.45, 2.75) is 0 Å². The molecule has 0 spiro atoms. The van der Waals surface area contributed by atoms with E-state index in [1.165, 1.54) is 0 Å². The van der Waals surface area contributed by atoms with Crippen molar-refractivity contribution in [1.82, 2.24) is 0 Å². The first kappa shape index (κ1) is 11.1. The van der Waals surface area contributed by atoms with Crippen LogP contribution in [0.25, 0.3) is 11.1 Å². The zero-order valence-electron chi connectivity index (χ0n) is 8.37. The maximum absolute atomic E-state index is 6.15. The summed E-state index contributed by atoms with van der Waals surface area (Å²) >= 11 is 12.3. The maximum atomic E-state index is 6.15. The van der Waals surface area contributed by atoms with Gasteiger partial charge in [-0.1, -0.05) is 53.5 Å². The Labute approximate surface area is 104 Å². The van der Waals surface area contributed by atoms with E-state index < -0.39 is 0 Å². The van der Waals surface area contributed by atoms with Gasteiger partial charge in [0.05, 0.1) is 21.4 Å². The van der Waals surface area contributed by atoms with Crippen LogP contribution in [0.15, 0.2) is 36.4 Å². The molecule has 0 radical (unpaired) electrons. The van der Waals surface area contributed by atoms with Gasteiger partial charge in [0.15, 0.2) is 0 Å². The molecule has 0 saturated carbocycles. The Morgan fingerprint density at radius 3 is 2.19 bits per heavy atom. The van der Waals surface area contributed by atoms with Crippen molar-refractivity contribution in [3.05, 3.63) is 46.4 Å². The number of nitrogen functional groups attached to an aromatic ring is 2. The summed E-state index contributed by atoms with van der Waals surface area (Å²) in [6, 6.07) is 11.2. The Bertz CT molecular complexity index is 524. The quantitative estimate of drug-likeness (QED) is 0.759. The number of hydrogen-bond acceptors (Lipinski definition) is 2. The molecular weight excluding hydrogens is 243 g/mol. The zero-order valence-corrected chi connectivity index (χ0v) is 9.89. The first-order valence-corrected chi connectivity index (χ1v) is 5.45. The van der Waals surface area contributed by atoms with Crippen molar-refractivity contribution in [1.29, 1.82) is 0 Å². The molecule has 0 aromatic heterocycles. The third-order valence-electron chi connectivity index (χ3n) is 2.35. The number of anilines is 2. The van der Waals surface area contributed by atoms with Gasteiger partial charge in [0.2, 0.25) is 0 Å². The van der Waals surface area contributed by atoms with E-state index in [0.29, 0.717) is 21.4 Å². The van der Waals surface area contributed by atoms with Crippen LogP contribution in [-0.4, -0.2) is 0 Å². The standard InChI is InChI=1S/C12H10Cl2N2/c13-8-6-9(15)12(16)11(14)10(8)7-4-2-1-3-5-7/h1-6H,15-16H2. The van der Waals surface area contributed by atoms with E-state index in [0.717, 1.165) is 11.1 Å². The van der Waals surface area contributed by atoms with E-state index in [2.05, 4.69) is 0 Å². The number of hydrogen-bond donors (Lipinski definition) is 2. The number of nitrogens with two attached hydrogens (primary N) is 2. The van der Waals surface area contributed by atoms with E-state index in [9.17, 15) is 0 Å². The highest BCUT2D eigenvalue weighted by Crippen LogP contribution is 2.41. The molecule has 0 atom stereocenters. The molecule has 16 heavy (non-hydrogen) atoms. The molecule has 0 amide bonds. The van der Waals surface area contributed by atoms with E-state index >= 15 is 0 Å². The molecule has 0 saturated heterocycles. The monoisotopic (exact) mass is 252 g/mol. The Balaban J connectivity index is 2.71. The molecule has 4 heteroatoms. The largest absolute Gasteiger partial charge is 0.397 e. The lowest BCUT2D eigenvalue weighted by molar-refractivity contribution is 1.60. The summed E-state index contributed by atoms with van der Waals surface area (Å²) in [5, 5.41) is 0.902. The second-order valence-electron chi connectivity index (χ2n) is 3.42. The van der Waals surface area contributed by atoms with Crippen molar-refractivity contribution >= 4 is 34.6 Å². The number of halogens is 2. The Morgan fingerprint density at radius 2 is 1.56 bits per heavy atom. The van der Waals surface area contributed by atoms with E-state index in [4.69, 9.17) is 34.7 Å². The third-order valence-corrected chi connectivity index (χ3v) is 3.04. The lowest BCUT2D eigenvalue weighted by Gasteiger charge is -2.11. The van der Waals surface area contributed by atoms with E-state index in [1.54, 1.807) is 6.07 Å². The van der Waals surface area contributed by atoms with Crippen molar-refractivity contribution in [2.75, 3.05) is 11.5 Å². The predicted molar refractivity (Wildman–Crippen MR) is 70.7 cm³/mol. The fraction of sp³-hybridized carbons (Fsp3) is 0. The molecule has 0 fully saturated rings.